The molecule has 3 rings (SSSR count). The third-order valence-corrected chi connectivity index (χ3v) is 5.83. The molecule has 0 radical (unpaired) electrons. The molecular formula is C19H29N3O2. The average Bonchev–Trinajstić information content (AvgIpc) is 3.28. The van der Waals surface area contributed by atoms with Gasteiger partial charge in [0.05, 0.1) is 0 Å². The molecule has 132 valence electrons. The van der Waals surface area contributed by atoms with Crippen molar-refractivity contribution in [3.8, 4) is 0 Å². The summed E-state index contributed by atoms with van der Waals surface area (Å²) in [5.41, 5.74) is 2.17. The monoisotopic (exact) mass is 331 g/mol. The topological polar surface area (TPSA) is 45.6 Å². The van der Waals surface area contributed by atoms with Crippen LogP contribution in [0.4, 0.5) is 0 Å². The first-order chi connectivity index (χ1) is 11.3. The molecule has 1 aliphatic carbocycles. The zero-order valence-corrected chi connectivity index (χ0v) is 15.5. The van der Waals surface area contributed by atoms with Crippen molar-refractivity contribution in [2.24, 2.45) is 18.9 Å². The van der Waals surface area contributed by atoms with E-state index in [0.717, 1.165) is 36.7 Å². The second kappa shape index (κ2) is 6.36. The summed E-state index contributed by atoms with van der Waals surface area (Å²) in [7, 11) is 5.95. The maximum absolute atomic E-state index is 13.0. The molecule has 1 saturated carbocycles. The number of amides is 1. The van der Waals surface area contributed by atoms with E-state index in [9.17, 15) is 9.59 Å². The molecule has 5 nitrogen and oxygen atoms in total. The van der Waals surface area contributed by atoms with Crippen LogP contribution in [0, 0.1) is 18.8 Å². The zero-order valence-electron chi connectivity index (χ0n) is 15.5. The Morgan fingerprint density at radius 2 is 1.96 bits per heavy atom. The SMILES string of the molecule is CCc1c(C)cc(C(=O)N2C[C@H](C3CC3)[C@@H](N(C)C)C2)c(=O)n1C. The fourth-order valence-electron chi connectivity index (χ4n) is 4.28. The van der Waals surface area contributed by atoms with Gasteiger partial charge in [0.2, 0.25) is 0 Å². The lowest BCUT2D eigenvalue weighted by Crippen LogP contribution is -2.38. The predicted molar refractivity (Wildman–Crippen MR) is 95.4 cm³/mol. The van der Waals surface area contributed by atoms with Gasteiger partial charge in [-0.1, -0.05) is 6.92 Å². The second-order valence-electron chi connectivity index (χ2n) is 7.65. The lowest BCUT2D eigenvalue weighted by Gasteiger charge is -2.24. The first-order valence-corrected chi connectivity index (χ1v) is 9.00. The smallest absolute Gasteiger partial charge is 0.263 e. The number of pyridine rings is 1. The van der Waals surface area contributed by atoms with Crippen molar-refractivity contribution in [2.45, 2.75) is 39.2 Å². The molecule has 0 N–H and O–H groups in total. The van der Waals surface area contributed by atoms with E-state index in [2.05, 4.69) is 19.0 Å². The molecule has 2 fully saturated rings. The summed E-state index contributed by atoms with van der Waals surface area (Å²) in [5, 5.41) is 0. The Bertz CT molecular complexity index is 693. The first kappa shape index (κ1) is 17.2. The largest absolute Gasteiger partial charge is 0.337 e. The quantitative estimate of drug-likeness (QED) is 0.843. The second-order valence-corrected chi connectivity index (χ2v) is 7.65. The highest BCUT2D eigenvalue weighted by Gasteiger charge is 2.45. The zero-order chi connectivity index (χ0) is 17.6. The van der Waals surface area contributed by atoms with Gasteiger partial charge in [-0.2, -0.15) is 0 Å². The van der Waals surface area contributed by atoms with Crippen LogP contribution in [0.5, 0.6) is 0 Å². The van der Waals surface area contributed by atoms with Crippen LogP contribution in [-0.4, -0.2) is 53.5 Å². The van der Waals surface area contributed by atoms with Gasteiger partial charge in [0.1, 0.15) is 5.56 Å². The number of likely N-dealkylation sites (tertiary alicyclic amines) is 1. The minimum absolute atomic E-state index is 0.101. The van der Waals surface area contributed by atoms with Crippen molar-refractivity contribution in [1.82, 2.24) is 14.4 Å². The third-order valence-electron chi connectivity index (χ3n) is 5.83. The van der Waals surface area contributed by atoms with E-state index < -0.39 is 0 Å². The number of aromatic nitrogens is 1. The van der Waals surface area contributed by atoms with Crippen molar-refractivity contribution in [3.63, 3.8) is 0 Å². The number of carbonyl (C=O) groups excluding carboxylic acids is 1. The fourth-order valence-corrected chi connectivity index (χ4v) is 4.28. The van der Waals surface area contributed by atoms with Crippen molar-refractivity contribution in [3.05, 3.63) is 33.2 Å². The van der Waals surface area contributed by atoms with Crippen molar-refractivity contribution in [1.29, 1.82) is 0 Å². The first-order valence-electron chi connectivity index (χ1n) is 9.00. The molecule has 2 heterocycles. The number of rotatable bonds is 4. The van der Waals surface area contributed by atoms with Crippen LogP contribution >= 0.6 is 0 Å². The summed E-state index contributed by atoms with van der Waals surface area (Å²) >= 11 is 0. The summed E-state index contributed by atoms with van der Waals surface area (Å²) in [6.45, 7) is 5.52. The van der Waals surface area contributed by atoms with Crippen LogP contribution in [-0.2, 0) is 13.5 Å². The molecular weight excluding hydrogens is 302 g/mol. The molecule has 1 aliphatic heterocycles. The van der Waals surface area contributed by atoms with Gasteiger partial charge in [0, 0.05) is 31.9 Å². The summed E-state index contributed by atoms with van der Waals surface area (Å²) in [5.74, 6) is 1.20. The maximum Gasteiger partial charge on any atom is 0.263 e. The van der Waals surface area contributed by atoms with Gasteiger partial charge in [-0.05, 0) is 63.7 Å². The number of aryl methyl sites for hydroxylation is 1. The van der Waals surface area contributed by atoms with Crippen LogP contribution in [0.25, 0.3) is 0 Å². The van der Waals surface area contributed by atoms with E-state index in [1.807, 2.05) is 18.7 Å². The lowest BCUT2D eigenvalue weighted by molar-refractivity contribution is 0.0778. The van der Waals surface area contributed by atoms with Crippen LogP contribution in [0.3, 0.4) is 0 Å². The van der Waals surface area contributed by atoms with Gasteiger partial charge >= 0.3 is 0 Å². The maximum atomic E-state index is 13.0. The van der Waals surface area contributed by atoms with Gasteiger partial charge in [-0.3, -0.25) is 9.59 Å². The predicted octanol–water partition coefficient (Wildman–Crippen LogP) is 1.67. The van der Waals surface area contributed by atoms with Gasteiger partial charge in [-0.25, -0.2) is 0 Å². The fraction of sp³-hybridized carbons (Fsp3) is 0.684. The Morgan fingerprint density at radius 1 is 1.29 bits per heavy atom. The summed E-state index contributed by atoms with van der Waals surface area (Å²) in [6.07, 6.45) is 3.36. The molecule has 0 unspecified atom stereocenters. The van der Waals surface area contributed by atoms with E-state index in [-0.39, 0.29) is 11.5 Å². The van der Waals surface area contributed by atoms with Gasteiger partial charge < -0.3 is 14.4 Å². The van der Waals surface area contributed by atoms with Crippen LogP contribution in [0.15, 0.2) is 10.9 Å². The molecule has 1 aromatic rings. The third kappa shape index (κ3) is 2.90. The molecule has 5 heteroatoms. The number of nitrogens with zero attached hydrogens (tertiary/aromatic N) is 3. The molecule has 24 heavy (non-hydrogen) atoms. The van der Waals surface area contributed by atoms with E-state index in [1.54, 1.807) is 17.7 Å². The molecule has 0 spiro atoms. The summed E-state index contributed by atoms with van der Waals surface area (Å²) in [4.78, 5) is 29.8. The Balaban J connectivity index is 1.89. The van der Waals surface area contributed by atoms with E-state index in [4.69, 9.17) is 0 Å². The highest BCUT2D eigenvalue weighted by molar-refractivity contribution is 5.94. The average molecular weight is 331 g/mol. The molecule has 2 aliphatic rings. The van der Waals surface area contributed by atoms with E-state index >= 15 is 0 Å². The summed E-state index contributed by atoms with van der Waals surface area (Å²) < 4.78 is 1.64. The van der Waals surface area contributed by atoms with Crippen molar-refractivity contribution in [2.75, 3.05) is 27.2 Å². The molecule has 1 saturated heterocycles. The van der Waals surface area contributed by atoms with E-state index in [1.165, 1.54) is 12.8 Å². The van der Waals surface area contributed by atoms with Crippen molar-refractivity contribution >= 4 is 5.91 Å². The number of likely N-dealkylation sites (N-methyl/N-ethyl adjacent to an activating group) is 1. The van der Waals surface area contributed by atoms with Crippen LogP contribution in [0.2, 0.25) is 0 Å². The van der Waals surface area contributed by atoms with Gasteiger partial charge in [-0.15, -0.1) is 0 Å². The highest BCUT2D eigenvalue weighted by Crippen LogP contribution is 2.42. The Kier molecular flexibility index (Phi) is 4.56. The van der Waals surface area contributed by atoms with E-state index in [0.29, 0.717) is 17.5 Å². The normalized spacial score (nSPS) is 24.0. The molecule has 1 aromatic heterocycles. The van der Waals surface area contributed by atoms with Gasteiger partial charge in [0.25, 0.3) is 11.5 Å². The Labute approximate surface area is 144 Å². The van der Waals surface area contributed by atoms with Crippen LogP contribution < -0.4 is 5.56 Å². The molecule has 2 atom stereocenters. The standard InChI is InChI=1S/C19H29N3O2/c1-6-16-12(2)9-14(18(23)21(16)5)19(24)22-10-15(13-7-8-13)17(11-22)20(3)4/h9,13,15,17H,6-8,10-11H2,1-5H3/t15-,17+/m1/s1. The highest BCUT2D eigenvalue weighted by atomic mass is 16.2. The number of hydrogen-bond acceptors (Lipinski definition) is 3. The van der Waals surface area contributed by atoms with Crippen molar-refractivity contribution < 1.29 is 4.79 Å². The lowest BCUT2D eigenvalue weighted by atomic mass is 9.97. The molecule has 0 aromatic carbocycles. The number of hydrogen-bond donors (Lipinski definition) is 0. The Hall–Kier alpha value is -1.62. The summed E-state index contributed by atoms with van der Waals surface area (Å²) in [6, 6.07) is 2.19. The minimum Gasteiger partial charge on any atom is -0.337 e. The Morgan fingerprint density at radius 3 is 2.50 bits per heavy atom. The van der Waals surface area contributed by atoms with Gasteiger partial charge in [0.15, 0.2) is 0 Å². The molecule has 1 amide bonds. The molecule has 0 bridgehead atoms. The number of carbonyl (C=O) groups is 1. The van der Waals surface area contributed by atoms with Crippen LogP contribution in [0.1, 0.15) is 41.4 Å². The minimum atomic E-state index is -0.168.